The zero-order valence-corrected chi connectivity index (χ0v) is 11.6. The van der Waals surface area contributed by atoms with E-state index in [2.05, 4.69) is 13.5 Å². The highest BCUT2D eigenvalue weighted by Gasteiger charge is 2.54. The Morgan fingerprint density at radius 1 is 1.56 bits per heavy atom. The monoisotopic (exact) mass is 254 g/mol. The van der Waals surface area contributed by atoms with Crippen LogP contribution in [-0.4, -0.2) is 31.1 Å². The van der Waals surface area contributed by atoms with Gasteiger partial charge in [0.2, 0.25) is 0 Å². The molecule has 102 valence electrons. The summed E-state index contributed by atoms with van der Waals surface area (Å²) in [7, 11) is 1.29. The van der Waals surface area contributed by atoms with Gasteiger partial charge in [-0.15, -0.1) is 0 Å². The van der Waals surface area contributed by atoms with E-state index in [1.54, 1.807) is 13.8 Å². The molecule has 0 spiro atoms. The molecular weight excluding hydrogens is 232 g/mol. The Morgan fingerprint density at radius 2 is 2.17 bits per heavy atom. The summed E-state index contributed by atoms with van der Waals surface area (Å²) in [6.07, 6.45) is 1.80. The van der Waals surface area contributed by atoms with E-state index in [4.69, 9.17) is 9.47 Å². The van der Waals surface area contributed by atoms with Crippen molar-refractivity contribution in [3.05, 3.63) is 12.2 Å². The Balaban J connectivity index is 3.07. The second-order valence-corrected chi connectivity index (χ2v) is 4.96. The van der Waals surface area contributed by atoms with E-state index in [9.17, 15) is 9.59 Å². The molecule has 0 aromatic heterocycles. The second-order valence-electron chi connectivity index (χ2n) is 4.96. The molecular formula is C14H22O4. The van der Waals surface area contributed by atoms with E-state index in [0.717, 1.165) is 12.8 Å². The van der Waals surface area contributed by atoms with Gasteiger partial charge in [0.1, 0.15) is 0 Å². The molecule has 1 aliphatic heterocycles. The number of ether oxygens (including phenoxy) is 2. The standard InChI is InChI=1S/C14H22O4/c1-6-7-8-11-14(4,13(16)17-5)12(15)9(2)10(3)18-11/h10-11H,2,6-8H2,1,3-5H3/t10-,11+,14-/m1/s1. The molecule has 1 heterocycles. The number of esters is 1. The summed E-state index contributed by atoms with van der Waals surface area (Å²) in [6, 6.07) is 0. The first kappa shape index (κ1) is 14.9. The van der Waals surface area contributed by atoms with Crippen LogP contribution in [0.1, 0.15) is 40.0 Å². The molecule has 1 fully saturated rings. The summed E-state index contributed by atoms with van der Waals surface area (Å²) in [6.45, 7) is 9.16. The molecule has 0 radical (unpaired) electrons. The molecule has 1 saturated heterocycles. The number of hydrogen-bond acceptors (Lipinski definition) is 4. The van der Waals surface area contributed by atoms with Gasteiger partial charge >= 0.3 is 5.97 Å². The molecule has 1 rings (SSSR count). The zero-order chi connectivity index (χ0) is 13.9. The minimum atomic E-state index is -1.26. The maximum absolute atomic E-state index is 12.4. The van der Waals surface area contributed by atoms with Crippen LogP contribution in [0.15, 0.2) is 12.2 Å². The SMILES string of the molecule is C=C1C(=O)[C@](C)(C(=O)OC)[C@H](CCCC)O[C@@H]1C. The first-order valence-electron chi connectivity index (χ1n) is 6.37. The molecule has 18 heavy (non-hydrogen) atoms. The smallest absolute Gasteiger partial charge is 0.322 e. The number of hydrogen-bond donors (Lipinski definition) is 0. The number of carbonyl (C=O) groups excluding carboxylic acids is 2. The van der Waals surface area contributed by atoms with Crippen molar-refractivity contribution in [3.8, 4) is 0 Å². The van der Waals surface area contributed by atoms with Gasteiger partial charge in [-0.1, -0.05) is 26.3 Å². The van der Waals surface area contributed by atoms with E-state index in [-0.39, 0.29) is 11.9 Å². The van der Waals surface area contributed by atoms with Gasteiger partial charge in [-0.05, 0) is 20.3 Å². The average Bonchev–Trinajstić information content (AvgIpc) is 2.37. The van der Waals surface area contributed by atoms with Crippen molar-refractivity contribution >= 4 is 11.8 Å². The summed E-state index contributed by atoms with van der Waals surface area (Å²) in [5.74, 6) is -0.796. The topological polar surface area (TPSA) is 52.6 Å². The fourth-order valence-electron chi connectivity index (χ4n) is 2.31. The van der Waals surface area contributed by atoms with Crippen molar-refractivity contribution in [2.24, 2.45) is 5.41 Å². The Kier molecular flexibility index (Phi) is 4.68. The van der Waals surface area contributed by atoms with Gasteiger partial charge < -0.3 is 9.47 Å². The molecule has 4 nitrogen and oxygen atoms in total. The van der Waals surface area contributed by atoms with E-state index >= 15 is 0 Å². The summed E-state index contributed by atoms with van der Waals surface area (Å²) in [5.41, 5.74) is -0.913. The van der Waals surface area contributed by atoms with Crippen molar-refractivity contribution in [1.29, 1.82) is 0 Å². The van der Waals surface area contributed by atoms with Crippen LogP contribution in [-0.2, 0) is 19.1 Å². The highest BCUT2D eigenvalue weighted by Crippen LogP contribution is 2.39. The molecule has 0 amide bonds. The van der Waals surface area contributed by atoms with Gasteiger partial charge in [0.25, 0.3) is 0 Å². The third kappa shape index (κ3) is 2.34. The van der Waals surface area contributed by atoms with Gasteiger partial charge in [-0.3, -0.25) is 9.59 Å². The van der Waals surface area contributed by atoms with Gasteiger partial charge in [-0.2, -0.15) is 0 Å². The third-order valence-corrected chi connectivity index (χ3v) is 3.70. The Bertz CT molecular complexity index is 361. The Labute approximate surface area is 108 Å². The van der Waals surface area contributed by atoms with Crippen LogP contribution < -0.4 is 0 Å². The van der Waals surface area contributed by atoms with Crippen LogP contribution in [0.2, 0.25) is 0 Å². The van der Waals surface area contributed by atoms with Crippen molar-refractivity contribution < 1.29 is 19.1 Å². The number of rotatable bonds is 4. The van der Waals surface area contributed by atoms with Crippen molar-refractivity contribution in [2.45, 2.75) is 52.2 Å². The molecule has 0 saturated carbocycles. The number of carbonyl (C=O) groups is 2. The van der Waals surface area contributed by atoms with Crippen LogP contribution >= 0.6 is 0 Å². The van der Waals surface area contributed by atoms with E-state index in [0.29, 0.717) is 12.0 Å². The maximum Gasteiger partial charge on any atom is 0.322 e. The van der Waals surface area contributed by atoms with Crippen LogP contribution in [0.25, 0.3) is 0 Å². The summed E-state index contributed by atoms with van der Waals surface area (Å²) in [4.78, 5) is 24.3. The van der Waals surface area contributed by atoms with Gasteiger partial charge in [0, 0.05) is 5.57 Å². The number of methoxy groups -OCH3 is 1. The van der Waals surface area contributed by atoms with Gasteiger partial charge in [0.05, 0.1) is 19.3 Å². The lowest BCUT2D eigenvalue weighted by Gasteiger charge is -2.41. The molecule has 0 aliphatic carbocycles. The molecule has 4 heteroatoms. The van der Waals surface area contributed by atoms with Crippen LogP contribution in [0.5, 0.6) is 0 Å². The number of Topliss-reactive ketones (excluding diaryl/α,β-unsaturated/α-hetero) is 1. The van der Waals surface area contributed by atoms with Crippen molar-refractivity contribution in [3.63, 3.8) is 0 Å². The predicted molar refractivity (Wildman–Crippen MR) is 68.1 cm³/mol. The Morgan fingerprint density at radius 3 is 2.67 bits per heavy atom. The third-order valence-electron chi connectivity index (χ3n) is 3.70. The lowest BCUT2D eigenvalue weighted by molar-refractivity contribution is -0.175. The Hall–Kier alpha value is -1.16. The van der Waals surface area contributed by atoms with Crippen molar-refractivity contribution in [1.82, 2.24) is 0 Å². The maximum atomic E-state index is 12.4. The van der Waals surface area contributed by atoms with Crippen LogP contribution in [0.3, 0.4) is 0 Å². The van der Waals surface area contributed by atoms with E-state index in [1.807, 2.05) is 0 Å². The highest BCUT2D eigenvalue weighted by molar-refractivity contribution is 6.13. The fourth-order valence-corrected chi connectivity index (χ4v) is 2.31. The normalized spacial score (nSPS) is 32.4. The number of ketones is 1. The van der Waals surface area contributed by atoms with Gasteiger partial charge in [0.15, 0.2) is 11.2 Å². The van der Waals surface area contributed by atoms with Crippen LogP contribution in [0.4, 0.5) is 0 Å². The first-order chi connectivity index (χ1) is 8.39. The predicted octanol–water partition coefficient (Wildman–Crippen LogP) is 2.27. The molecule has 0 N–H and O–H groups in total. The summed E-state index contributed by atoms with van der Waals surface area (Å²) in [5, 5.41) is 0. The molecule has 3 atom stereocenters. The fraction of sp³-hybridized carbons (Fsp3) is 0.714. The molecule has 0 bridgehead atoms. The molecule has 1 aliphatic rings. The molecule has 0 aromatic carbocycles. The lowest BCUT2D eigenvalue weighted by atomic mass is 9.72. The molecule has 0 aromatic rings. The van der Waals surface area contributed by atoms with Crippen molar-refractivity contribution in [2.75, 3.05) is 7.11 Å². The summed E-state index contributed by atoms with van der Waals surface area (Å²) < 4.78 is 10.6. The zero-order valence-electron chi connectivity index (χ0n) is 11.6. The summed E-state index contributed by atoms with van der Waals surface area (Å²) >= 11 is 0. The molecule has 0 unspecified atom stereocenters. The lowest BCUT2D eigenvalue weighted by Crippen LogP contribution is -2.55. The largest absolute Gasteiger partial charge is 0.468 e. The number of unbranched alkanes of at least 4 members (excludes halogenated alkanes) is 1. The first-order valence-corrected chi connectivity index (χ1v) is 6.37. The quantitative estimate of drug-likeness (QED) is 0.439. The van der Waals surface area contributed by atoms with E-state index in [1.165, 1.54) is 7.11 Å². The second kappa shape index (κ2) is 5.65. The van der Waals surface area contributed by atoms with E-state index < -0.39 is 17.5 Å². The minimum Gasteiger partial charge on any atom is -0.468 e. The minimum absolute atomic E-state index is 0.255. The average molecular weight is 254 g/mol. The van der Waals surface area contributed by atoms with Crippen LogP contribution in [0, 0.1) is 5.41 Å². The highest BCUT2D eigenvalue weighted by atomic mass is 16.5. The van der Waals surface area contributed by atoms with Gasteiger partial charge in [-0.25, -0.2) is 0 Å².